The Morgan fingerprint density at radius 3 is 1.45 bits per heavy atom. The summed E-state index contributed by atoms with van der Waals surface area (Å²) in [5, 5.41) is 20.8. The summed E-state index contributed by atoms with van der Waals surface area (Å²) < 4.78 is 17.4. The molecule has 6 N–H and O–H groups in total. The zero-order valence-corrected chi connectivity index (χ0v) is 37.6. The Morgan fingerprint density at radius 1 is 0.576 bits per heavy atom. The fourth-order valence-electron chi connectivity index (χ4n) is 8.43. The minimum absolute atomic E-state index is 0.0142. The monoisotopic (exact) mass is 898 g/mol. The van der Waals surface area contributed by atoms with Crippen LogP contribution in [-0.2, 0) is 13.2 Å². The lowest BCUT2D eigenvalue weighted by Gasteiger charge is -2.35. The SMILES string of the molecule is COc1cc2nc(N3CCN(C(=O)c4ccc(OCCCCCCCOc5ccc(C(=O)N6CCN(c7nc(N)c8cc(CO)c(CO)cc8n7)CC6)cc5)cc4)CC3)nc(N)c2cc1C. The topological polar surface area (TPSA) is 219 Å². The fourth-order valence-corrected chi connectivity index (χ4v) is 8.43. The zero-order chi connectivity index (χ0) is 46.2. The van der Waals surface area contributed by atoms with Crippen LogP contribution in [0.15, 0.2) is 72.8 Å². The van der Waals surface area contributed by atoms with Gasteiger partial charge in [0.25, 0.3) is 11.8 Å². The van der Waals surface area contributed by atoms with Crippen LogP contribution < -0.4 is 35.5 Å². The first kappa shape index (κ1) is 45.6. The van der Waals surface area contributed by atoms with Crippen molar-refractivity contribution < 1.29 is 34.0 Å². The molecule has 2 amide bonds. The van der Waals surface area contributed by atoms with E-state index in [2.05, 4.69) is 19.9 Å². The number of carbonyl (C=O) groups excluding carboxylic acids is 2. The highest BCUT2D eigenvalue weighted by atomic mass is 16.5. The summed E-state index contributed by atoms with van der Waals surface area (Å²) >= 11 is 0. The molecule has 4 heterocycles. The number of hydrogen-bond acceptors (Lipinski definition) is 15. The summed E-state index contributed by atoms with van der Waals surface area (Å²) in [5.74, 6) is 3.92. The molecule has 2 saturated heterocycles. The fraction of sp³-hybridized carbons (Fsp3) is 0.388. The van der Waals surface area contributed by atoms with Gasteiger partial charge in [-0.05, 0) is 103 Å². The maximum atomic E-state index is 13.3. The van der Waals surface area contributed by atoms with Gasteiger partial charge in [0.1, 0.15) is 28.9 Å². The van der Waals surface area contributed by atoms with E-state index in [0.29, 0.717) is 122 Å². The van der Waals surface area contributed by atoms with Crippen LogP contribution in [-0.4, -0.2) is 124 Å². The molecule has 8 rings (SSSR count). The lowest BCUT2D eigenvalue weighted by molar-refractivity contribution is 0.0738. The second-order valence-electron chi connectivity index (χ2n) is 16.7. The molecule has 0 unspecified atom stereocenters. The molecule has 2 aliphatic rings. The number of aliphatic hydroxyl groups excluding tert-OH is 2. The zero-order valence-electron chi connectivity index (χ0n) is 37.6. The van der Waals surface area contributed by atoms with Crippen LogP contribution >= 0.6 is 0 Å². The molecule has 2 fully saturated rings. The Morgan fingerprint density at radius 2 is 1.00 bits per heavy atom. The molecule has 0 bridgehead atoms. The predicted molar refractivity (Wildman–Crippen MR) is 254 cm³/mol. The van der Waals surface area contributed by atoms with Crippen molar-refractivity contribution in [3.05, 3.63) is 101 Å². The van der Waals surface area contributed by atoms with Crippen molar-refractivity contribution in [1.82, 2.24) is 29.7 Å². The van der Waals surface area contributed by atoms with Gasteiger partial charge in [-0.25, -0.2) is 9.97 Å². The molecule has 66 heavy (non-hydrogen) atoms. The molecule has 17 nitrogen and oxygen atoms in total. The van der Waals surface area contributed by atoms with Gasteiger partial charge in [0.05, 0.1) is 44.6 Å². The molecular formula is C49H58N10O7. The number of nitrogen functional groups attached to an aromatic ring is 2. The first-order valence-corrected chi connectivity index (χ1v) is 22.6. The summed E-state index contributed by atoms with van der Waals surface area (Å²) in [5.41, 5.74) is 17.3. The van der Waals surface area contributed by atoms with Crippen molar-refractivity contribution in [2.75, 3.05) is 93.9 Å². The lowest BCUT2D eigenvalue weighted by Crippen LogP contribution is -2.49. The number of nitrogens with zero attached hydrogens (tertiary/aromatic N) is 8. The molecule has 0 radical (unpaired) electrons. The highest BCUT2D eigenvalue weighted by Gasteiger charge is 2.26. The van der Waals surface area contributed by atoms with Gasteiger partial charge in [-0.15, -0.1) is 0 Å². The largest absolute Gasteiger partial charge is 0.496 e. The van der Waals surface area contributed by atoms with Crippen molar-refractivity contribution >= 4 is 57.2 Å². The number of carbonyl (C=O) groups is 2. The molecule has 2 aliphatic heterocycles. The summed E-state index contributed by atoms with van der Waals surface area (Å²) in [6.45, 7) is 7.12. The first-order chi connectivity index (χ1) is 32.1. The van der Waals surface area contributed by atoms with E-state index in [4.69, 9.17) is 30.7 Å². The van der Waals surface area contributed by atoms with Crippen LogP contribution in [0.2, 0.25) is 0 Å². The average Bonchev–Trinajstić information content (AvgIpc) is 3.35. The number of aromatic nitrogens is 4. The number of benzene rings is 4. The van der Waals surface area contributed by atoms with Gasteiger partial charge in [-0.2, -0.15) is 9.97 Å². The van der Waals surface area contributed by atoms with Gasteiger partial charge in [-0.1, -0.05) is 19.3 Å². The Hall–Kier alpha value is -6.98. The number of aryl methyl sites for hydroxylation is 1. The minimum Gasteiger partial charge on any atom is -0.496 e. The van der Waals surface area contributed by atoms with Crippen LogP contribution in [0.1, 0.15) is 69.5 Å². The van der Waals surface area contributed by atoms with E-state index in [-0.39, 0.29) is 25.0 Å². The highest BCUT2D eigenvalue weighted by Crippen LogP contribution is 2.30. The second kappa shape index (κ2) is 20.9. The van der Waals surface area contributed by atoms with Crippen molar-refractivity contribution in [3.8, 4) is 17.2 Å². The maximum Gasteiger partial charge on any atom is 0.253 e. The molecule has 4 aromatic carbocycles. The number of fused-ring (bicyclic) bond motifs is 2. The quantitative estimate of drug-likeness (QED) is 0.0846. The van der Waals surface area contributed by atoms with E-state index in [0.717, 1.165) is 65.8 Å². The number of anilines is 4. The molecule has 0 atom stereocenters. The van der Waals surface area contributed by atoms with Crippen molar-refractivity contribution in [2.24, 2.45) is 0 Å². The Kier molecular flexibility index (Phi) is 14.4. The molecule has 2 aromatic heterocycles. The molecule has 0 spiro atoms. The molecule has 6 aromatic rings. The summed E-state index contributed by atoms with van der Waals surface area (Å²) in [6.07, 6.45) is 5.01. The van der Waals surface area contributed by atoms with Gasteiger partial charge in [0.15, 0.2) is 0 Å². The summed E-state index contributed by atoms with van der Waals surface area (Å²) in [6, 6.07) is 22.0. The Labute approximate surface area is 383 Å². The van der Waals surface area contributed by atoms with Crippen molar-refractivity contribution in [3.63, 3.8) is 0 Å². The number of rotatable bonds is 17. The molecule has 0 aliphatic carbocycles. The standard InChI is InChI=1S/C49H58N10O7/c1-32-26-39-42(29-43(32)64-2)53-49(54-44(39)50)59-22-18-57(19-23-59)47(63)34-10-14-38(15-11-34)66-25-7-5-3-4-6-24-65-37-12-8-33(9-13-37)46(62)56-16-20-58(21-17-56)48-52-41-28-36(31-61)35(30-60)27-40(41)45(51)55-48/h8-15,26-29,60-61H,3-7,16-25,30-31H2,1-2H3,(H2,50,53,54)(H2,51,52,55). The number of hydrogen-bond donors (Lipinski definition) is 4. The molecule has 346 valence electrons. The van der Waals surface area contributed by atoms with E-state index < -0.39 is 0 Å². The van der Waals surface area contributed by atoms with Gasteiger partial charge >= 0.3 is 0 Å². The Bertz CT molecular complexity index is 2650. The van der Waals surface area contributed by atoms with Gasteiger partial charge in [0, 0.05) is 80.3 Å². The molecule has 0 saturated carbocycles. The normalized spacial score (nSPS) is 14.2. The third-order valence-corrected chi connectivity index (χ3v) is 12.3. The molecular weight excluding hydrogens is 841 g/mol. The van der Waals surface area contributed by atoms with Crippen LogP contribution in [0.25, 0.3) is 21.8 Å². The number of unbranched alkanes of at least 4 members (excludes halogenated alkanes) is 4. The van der Waals surface area contributed by atoms with Gasteiger partial charge in [0.2, 0.25) is 11.9 Å². The Balaban J connectivity index is 0.687. The number of nitrogens with two attached hydrogens (primary N) is 2. The van der Waals surface area contributed by atoms with E-state index in [1.54, 1.807) is 19.2 Å². The smallest absolute Gasteiger partial charge is 0.253 e. The van der Waals surface area contributed by atoms with Crippen LogP contribution in [0.3, 0.4) is 0 Å². The lowest BCUT2D eigenvalue weighted by atomic mass is 10.1. The number of ether oxygens (including phenoxy) is 3. The second-order valence-corrected chi connectivity index (χ2v) is 16.7. The van der Waals surface area contributed by atoms with E-state index in [9.17, 15) is 19.8 Å². The number of amides is 2. The van der Waals surface area contributed by atoms with Gasteiger partial charge < -0.3 is 55.5 Å². The predicted octanol–water partition coefficient (Wildman–Crippen LogP) is 5.37. The maximum absolute atomic E-state index is 13.3. The van der Waals surface area contributed by atoms with E-state index >= 15 is 0 Å². The molecule has 17 heteroatoms. The summed E-state index contributed by atoms with van der Waals surface area (Å²) in [7, 11) is 1.64. The summed E-state index contributed by atoms with van der Waals surface area (Å²) in [4.78, 5) is 52.9. The van der Waals surface area contributed by atoms with Gasteiger partial charge in [-0.3, -0.25) is 9.59 Å². The third-order valence-electron chi connectivity index (χ3n) is 12.3. The number of aliphatic hydroxyl groups is 2. The first-order valence-electron chi connectivity index (χ1n) is 22.6. The minimum atomic E-state index is -0.217. The van der Waals surface area contributed by atoms with Crippen LogP contribution in [0, 0.1) is 6.92 Å². The number of methoxy groups -OCH3 is 1. The van der Waals surface area contributed by atoms with Crippen LogP contribution in [0.4, 0.5) is 23.5 Å². The van der Waals surface area contributed by atoms with Crippen molar-refractivity contribution in [2.45, 2.75) is 52.2 Å². The average molecular weight is 899 g/mol. The third kappa shape index (κ3) is 10.4. The van der Waals surface area contributed by atoms with Crippen molar-refractivity contribution in [1.29, 1.82) is 0 Å². The number of piperazine rings is 2. The highest BCUT2D eigenvalue weighted by molar-refractivity contribution is 5.95. The van der Waals surface area contributed by atoms with Crippen LogP contribution in [0.5, 0.6) is 17.2 Å². The van der Waals surface area contributed by atoms with E-state index in [1.165, 1.54) is 0 Å². The van der Waals surface area contributed by atoms with E-state index in [1.807, 2.05) is 82.3 Å².